The van der Waals surface area contributed by atoms with Gasteiger partial charge in [0.25, 0.3) is 0 Å². The van der Waals surface area contributed by atoms with Gasteiger partial charge < -0.3 is 19.8 Å². The van der Waals surface area contributed by atoms with Crippen molar-refractivity contribution in [1.82, 2.24) is 14.5 Å². The van der Waals surface area contributed by atoms with E-state index in [0.29, 0.717) is 29.8 Å². The van der Waals surface area contributed by atoms with E-state index in [1.54, 1.807) is 24.7 Å². The van der Waals surface area contributed by atoms with E-state index in [9.17, 15) is 4.79 Å². The van der Waals surface area contributed by atoms with Gasteiger partial charge in [0.2, 0.25) is 0 Å². The Morgan fingerprint density at radius 2 is 2.04 bits per heavy atom. The molecule has 2 aromatic heterocycles. The summed E-state index contributed by atoms with van der Waals surface area (Å²) in [4.78, 5) is 21.9. The lowest BCUT2D eigenvalue weighted by Crippen LogP contribution is -2.20. The number of rotatable bonds is 6. The zero-order chi connectivity index (χ0) is 18.0. The molecule has 0 amide bonds. The highest BCUT2D eigenvalue weighted by molar-refractivity contribution is 6.08. The number of carbonyl (C=O) groups excluding carboxylic acids is 1. The molecule has 0 bridgehead atoms. The van der Waals surface area contributed by atoms with Crippen molar-refractivity contribution in [1.29, 1.82) is 0 Å². The SMILES string of the molecule is C=CCn1c(N)c(C(=O)OC(C)COC)c2nc3ccccc3nc21. The van der Waals surface area contributed by atoms with Gasteiger partial charge >= 0.3 is 5.97 Å². The molecule has 0 saturated heterocycles. The monoisotopic (exact) mass is 340 g/mol. The number of anilines is 1. The summed E-state index contributed by atoms with van der Waals surface area (Å²) in [6.07, 6.45) is 1.29. The average Bonchev–Trinajstić information content (AvgIpc) is 2.85. The fourth-order valence-electron chi connectivity index (χ4n) is 2.74. The van der Waals surface area contributed by atoms with Crippen LogP contribution in [0.4, 0.5) is 5.82 Å². The number of ether oxygens (including phenoxy) is 2. The molecule has 2 heterocycles. The molecule has 0 aliphatic rings. The smallest absolute Gasteiger partial charge is 0.344 e. The van der Waals surface area contributed by atoms with Crippen LogP contribution in [-0.4, -0.2) is 40.3 Å². The Morgan fingerprint density at radius 1 is 1.36 bits per heavy atom. The number of nitrogens with two attached hydrogens (primary N) is 1. The Bertz CT molecular complexity index is 948. The van der Waals surface area contributed by atoms with Crippen molar-refractivity contribution >= 4 is 34.0 Å². The van der Waals surface area contributed by atoms with E-state index in [4.69, 9.17) is 15.2 Å². The van der Waals surface area contributed by atoms with Crippen molar-refractivity contribution in [3.05, 3.63) is 42.5 Å². The number of allylic oxidation sites excluding steroid dienone is 1. The number of hydrogen-bond acceptors (Lipinski definition) is 6. The first-order valence-electron chi connectivity index (χ1n) is 7.92. The van der Waals surface area contributed by atoms with Gasteiger partial charge in [0, 0.05) is 13.7 Å². The minimum atomic E-state index is -0.542. The van der Waals surface area contributed by atoms with Gasteiger partial charge in [-0.3, -0.25) is 0 Å². The Hall–Kier alpha value is -2.93. The van der Waals surface area contributed by atoms with Crippen molar-refractivity contribution in [2.75, 3.05) is 19.5 Å². The van der Waals surface area contributed by atoms with Gasteiger partial charge in [-0.05, 0) is 19.1 Å². The summed E-state index contributed by atoms with van der Waals surface area (Å²) in [5, 5.41) is 0. The lowest BCUT2D eigenvalue weighted by molar-refractivity contribution is 0.0123. The third-order valence-corrected chi connectivity index (χ3v) is 3.82. The second-order valence-electron chi connectivity index (χ2n) is 5.72. The molecule has 0 aliphatic heterocycles. The Balaban J connectivity index is 2.19. The lowest BCUT2D eigenvalue weighted by Gasteiger charge is -2.12. The number of benzene rings is 1. The molecule has 0 spiro atoms. The predicted octanol–water partition coefficient (Wildman–Crippen LogP) is 2.54. The molecule has 3 rings (SSSR count). The number of nitrogen functional groups attached to an aromatic ring is 1. The number of aromatic nitrogens is 3. The first-order chi connectivity index (χ1) is 12.1. The summed E-state index contributed by atoms with van der Waals surface area (Å²) in [6, 6.07) is 7.45. The zero-order valence-corrected chi connectivity index (χ0v) is 14.2. The van der Waals surface area contributed by atoms with Crippen molar-refractivity contribution in [2.45, 2.75) is 19.6 Å². The number of carbonyl (C=O) groups is 1. The van der Waals surface area contributed by atoms with E-state index in [2.05, 4.69) is 16.5 Å². The number of hydrogen-bond donors (Lipinski definition) is 1. The topological polar surface area (TPSA) is 92.3 Å². The van der Waals surface area contributed by atoms with Gasteiger partial charge in [-0.15, -0.1) is 6.58 Å². The number of para-hydroxylation sites is 2. The van der Waals surface area contributed by atoms with E-state index in [1.165, 1.54) is 0 Å². The summed E-state index contributed by atoms with van der Waals surface area (Å²) < 4.78 is 12.1. The van der Waals surface area contributed by atoms with Crippen LogP contribution >= 0.6 is 0 Å². The quantitative estimate of drug-likeness (QED) is 0.547. The van der Waals surface area contributed by atoms with Crippen LogP contribution in [0.2, 0.25) is 0 Å². The maximum absolute atomic E-state index is 12.7. The van der Waals surface area contributed by atoms with Crippen molar-refractivity contribution < 1.29 is 14.3 Å². The van der Waals surface area contributed by atoms with Gasteiger partial charge in [-0.2, -0.15) is 0 Å². The van der Waals surface area contributed by atoms with Crippen LogP contribution < -0.4 is 5.73 Å². The van der Waals surface area contributed by atoms with Crippen LogP contribution in [0.1, 0.15) is 17.3 Å². The van der Waals surface area contributed by atoms with Crippen molar-refractivity contribution in [3.63, 3.8) is 0 Å². The first kappa shape index (κ1) is 16.9. The van der Waals surface area contributed by atoms with E-state index in [-0.39, 0.29) is 11.4 Å². The van der Waals surface area contributed by atoms with Crippen LogP contribution in [0.3, 0.4) is 0 Å². The summed E-state index contributed by atoms with van der Waals surface area (Å²) >= 11 is 0. The maximum Gasteiger partial charge on any atom is 0.344 e. The van der Waals surface area contributed by atoms with Crippen molar-refractivity contribution in [2.24, 2.45) is 0 Å². The fourth-order valence-corrected chi connectivity index (χ4v) is 2.74. The highest BCUT2D eigenvalue weighted by Gasteiger charge is 2.25. The molecule has 1 aromatic carbocycles. The molecule has 3 aromatic rings. The molecular weight excluding hydrogens is 320 g/mol. The van der Waals surface area contributed by atoms with Crippen LogP contribution in [0.5, 0.6) is 0 Å². The van der Waals surface area contributed by atoms with E-state index in [1.807, 2.05) is 24.3 Å². The highest BCUT2D eigenvalue weighted by atomic mass is 16.6. The molecule has 0 fully saturated rings. The summed E-state index contributed by atoms with van der Waals surface area (Å²) in [7, 11) is 1.55. The van der Waals surface area contributed by atoms with Crippen molar-refractivity contribution in [3.8, 4) is 0 Å². The standard InChI is InChI=1S/C18H20N4O3/c1-4-9-22-16(19)14(18(23)25-11(2)10-24-3)15-17(22)21-13-8-6-5-7-12(13)20-15/h4-8,11H,1,9-10,19H2,2-3H3. The molecular formula is C18H20N4O3. The Kier molecular flexibility index (Phi) is 4.67. The minimum absolute atomic E-state index is 0.220. The van der Waals surface area contributed by atoms with E-state index < -0.39 is 12.1 Å². The molecule has 130 valence electrons. The molecule has 0 aliphatic carbocycles. The number of methoxy groups -OCH3 is 1. The Labute approximate surface area is 145 Å². The molecule has 1 unspecified atom stereocenters. The van der Waals surface area contributed by atoms with E-state index >= 15 is 0 Å². The molecule has 1 atom stereocenters. The van der Waals surface area contributed by atoms with Crippen LogP contribution in [0, 0.1) is 0 Å². The van der Waals surface area contributed by atoms with Crippen LogP contribution in [0.25, 0.3) is 22.2 Å². The number of esters is 1. The van der Waals surface area contributed by atoms with Crippen LogP contribution in [0.15, 0.2) is 36.9 Å². The normalized spacial score (nSPS) is 12.4. The molecule has 7 heteroatoms. The van der Waals surface area contributed by atoms with Gasteiger partial charge in [0.15, 0.2) is 5.65 Å². The van der Waals surface area contributed by atoms with Gasteiger partial charge in [-0.1, -0.05) is 18.2 Å². The lowest BCUT2D eigenvalue weighted by atomic mass is 10.2. The molecule has 7 nitrogen and oxygen atoms in total. The minimum Gasteiger partial charge on any atom is -0.456 e. The molecule has 25 heavy (non-hydrogen) atoms. The molecule has 0 saturated carbocycles. The highest BCUT2D eigenvalue weighted by Crippen LogP contribution is 2.28. The second-order valence-corrected chi connectivity index (χ2v) is 5.72. The summed E-state index contributed by atoms with van der Waals surface area (Å²) in [5.41, 5.74) is 8.80. The number of nitrogens with zero attached hydrogens (tertiary/aromatic N) is 3. The fraction of sp³-hybridized carbons (Fsp3) is 0.278. The summed E-state index contributed by atoms with van der Waals surface area (Å²) in [5.74, 6) is -0.278. The number of fused-ring (bicyclic) bond motifs is 2. The largest absolute Gasteiger partial charge is 0.456 e. The third-order valence-electron chi connectivity index (χ3n) is 3.82. The predicted molar refractivity (Wildman–Crippen MR) is 96.4 cm³/mol. The molecule has 2 N–H and O–H groups in total. The maximum atomic E-state index is 12.7. The van der Waals surface area contributed by atoms with E-state index in [0.717, 1.165) is 5.52 Å². The zero-order valence-electron chi connectivity index (χ0n) is 14.2. The van der Waals surface area contributed by atoms with Gasteiger partial charge in [0.05, 0.1) is 17.6 Å². The second kappa shape index (κ2) is 6.90. The Morgan fingerprint density at radius 3 is 2.68 bits per heavy atom. The third kappa shape index (κ3) is 3.06. The summed E-state index contributed by atoms with van der Waals surface area (Å²) in [6.45, 7) is 6.20. The van der Waals surface area contributed by atoms with Gasteiger partial charge in [-0.25, -0.2) is 14.8 Å². The van der Waals surface area contributed by atoms with Crippen LogP contribution in [-0.2, 0) is 16.0 Å². The first-order valence-corrected chi connectivity index (χ1v) is 7.92. The van der Waals surface area contributed by atoms with Gasteiger partial charge in [0.1, 0.15) is 23.0 Å². The average molecular weight is 340 g/mol. The molecule has 0 radical (unpaired) electrons.